The van der Waals surface area contributed by atoms with Crippen LogP contribution in [0.5, 0.6) is 0 Å². The van der Waals surface area contributed by atoms with Gasteiger partial charge in [-0.05, 0) is 61.6 Å². The van der Waals surface area contributed by atoms with Crippen molar-refractivity contribution in [3.63, 3.8) is 0 Å². The van der Waals surface area contributed by atoms with Gasteiger partial charge in [0.2, 0.25) is 5.91 Å². The summed E-state index contributed by atoms with van der Waals surface area (Å²) in [7, 11) is 1.73. The summed E-state index contributed by atoms with van der Waals surface area (Å²) in [6.07, 6.45) is -5.48. The number of aliphatic hydroxyl groups is 2. The van der Waals surface area contributed by atoms with Gasteiger partial charge in [-0.2, -0.15) is 18.3 Å². The summed E-state index contributed by atoms with van der Waals surface area (Å²) in [6, 6.07) is 2.40. The molecule has 1 aliphatic heterocycles. The molecular formula is C23H28Cl2F3N3O3. The first-order chi connectivity index (χ1) is 16.0. The van der Waals surface area contributed by atoms with Crippen LogP contribution in [0.15, 0.2) is 12.1 Å². The Morgan fingerprint density at radius 2 is 1.97 bits per heavy atom. The molecule has 6 nitrogen and oxygen atoms in total. The van der Waals surface area contributed by atoms with E-state index in [1.165, 1.54) is 0 Å². The van der Waals surface area contributed by atoms with Crippen molar-refractivity contribution in [1.82, 2.24) is 14.7 Å². The third-order valence-corrected chi connectivity index (χ3v) is 8.38. The molecule has 2 N–H and O–H groups in total. The number of alkyl halides is 3. The standard InChI is InChI=1S/C23H28Cl2F3N3O3/c1-11-13-4-3-5-14(21(34)23(26,27)28)15(13)8-12(10-32)31(11)19(33)9-16-17(24)6-7-18-20(16)22(25)29-30(18)2/h6-7,11-15,21,32,34H,3-5,8-10H2,1-2H3/t11-,12?,13+,14+,15+,21-/m0/s1. The molecule has 6 atom stereocenters. The smallest absolute Gasteiger partial charge is 0.394 e. The number of hydrogen-bond donors (Lipinski definition) is 2. The van der Waals surface area contributed by atoms with Crippen LogP contribution >= 0.6 is 23.2 Å². The molecule has 188 valence electrons. The van der Waals surface area contributed by atoms with Gasteiger partial charge in [0.15, 0.2) is 11.3 Å². The van der Waals surface area contributed by atoms with E-state index in [4.69, 9.17) is 23.2 Å². The Bertz CT molecular complexity index is 1080. The maximum Gasteiger partial charge on any atom is 0.414 e. The zero-order valence-corrected chi connectivity index (χ0v) is 20.4. The summed E-state index contributed by atoms with van der Waals surface area (Å²) in [6.45, 7) is 1.44. The molecule has 2 heterocycles. The highest BCUT2D eigenvalue weighted by molar-refractivity contribution is 6.37. The molecule has 0 spiro atoms. The van der Waals surface area contributed by atoms with Crippen molar-refractivity contribution in [3.05, 3.63) is 27.9 Å². The van der Waals surface area contributed by atoms with Crippen molar-refractivity contribution in [2.45, 2.75) is 63.4 Å². The van der Waals surface area contributed by atoms with Crippen molar-refractivity contribution in [3.8, 4) is 0 Å². The van der Waals surface area contributed by atoms with Crippen molar-refractivity contribution in [1.29, 1.82) is 0 Å². The molecule has 0 radical (unpaired) electrons. The number of fused-ring (bicyclic) bond motifs is 2. The van der Waals surface area contributed by atoms with Crippen LogP contribution in [0.25, 0.3) is 10.9 Å². The van der Waals surface area contributed by atoms with E-state index in [2.05, 4.69) is 5.10 Å². The third-order valence-electron chi connectivity index (χ3n) is 7.76. The Morgan fingerprint density at radius 1 is 1.26 bits per heavy atom. The van der Waals surface area contributed by atoms with Crippen LogP contribution in [0.4, 0.5) is 13.2 Å². The fraction of sp³-hybridized carbons (Fsp3) is 0.652. The Morgan fingerprint density at radius 3 is 2.62 bits per heavy atom. The molecular weight excluding hydrogens is 494 g/mol. The van der Waals surface area contributed by atoms with Crippen LogP contribution in [0.1, 0.15) is 38.2 Å². The van der Waals surface area contributed by atoms with E-state index in [0.717, 1.165) is 5.52 Å². The minimum atomic E-state index is -4.70. The highest BCUT2D eigenvalue weighted by Crippen LogP contribution is 2.48. The van der Waals surface area contributed by atoms with E-state index < -0.39 is 36.2 Å². The lowest BCUT2D eigenvalue weighted by molar-refractivity contribution is -0.234. The molecule has 4 rings (SSSR count). The van der Waals surface area contributed by atoms with E-state index in [1.54, 1.807) is 28.8 Å². The minimum Gasteiger partial charge on any atom is -0.394 e. The Balaban J connectivity index is 1.63. The quantitative estimate of drug-likeness (QED) is 0.626. The Labute approximate surface area is 205 Å². The normalized spacial score (nSPS) is 28.7. The molecule has 1 aromatic heterocycles. The van der Waals surface area contributed by atoms with Crippen LogP contribution in [0.2, 0.25) is 10.2 Å². The van der Waals surface area contributed by atoms with E-state index >= 15 is 0 Å². The van der Waals surface area contributed by atoms with Gasteiger partial charge in [0, 0.05) is 23.5 Å². The first-order valence-electron chi connectivity index (χ1n) is 11.4. The molecule has 2 fully saturated rings. The van der Waals surface area contributed by atoms with E-state index in [0.29, 0.717) is 28.8 Å². The Hall–Kier alpha value is -1.55. The predicted octanol–water partition coefficient (Wildman–Crippen LogP) is 4.36. The largest absolute Gasteiger partial charge is 0.414 e. The first-order valence-corrected chi connectivity index (χ1v) is 12.2. The van der Waals surface area contributed by atoms with Crippen molar-refractivity contribution in [2.24, 2.45) is 24.8 Å². The number of aromatic nitrogens is 2. The number of amides is 1. The highest BCUT2D eigenvalue weighted by atomic mass is 35.5. The van der Waals surface area contributed by atoms with Crippen LogP contribution in [-0.4, -0.2) is 61.8 Å². The van der Waals surface area contributed by atoms with Crippen LogP contribution in [-0.2, 0) is 18.3 Å². The summed E-state index contributed by atoms with van der Waals surface area (Å²) in [4.78, 5) is 15.2. The topological polar surface area (TPSA) is 78.6 Å². The van der Waals surface area contributed by atoms with Crippen LogP contribution < -0.4 is 0 Å². The monoisotopic (exact) mass is 521 g/mol. The maximum absolute atomic E-state index is 13.6. The third kappa shape index (κ3) is 4.40. The van der Waals surface area contributed by atoms with Gasteiger partial charge in [0.25, 0.3) is 0 Å². The van der Waals surface area contributed by atoms with Crippen molar-refractivity contribution < 1.29 is 28.2 Å². The van der Waals surface area contributed by atoms with Gasteiger partial charge in [0.1, 0.15) is 0 Å². The molecule has 0 bridgehead atoms. The van der Waals surface area contributed by atoms with Crippen LogP contribution in [0.3, 0.4) is 0 Å². The summed E-state index contributed by atoms with van der Waals surface area (Å²) in [5, 5.41) is 25.5. The van der Waals surface area contributed by atoms with Crippen molar-refractivity contribution in [2.75, 3.05) is 6.61 Å². The van der Waals surface area contributed by atoms with Gasteiger partial charge in [-0.15, -0.1) is 0 Å². The van der Waals surface area contributed by atoms with E-state index in [-0.39, 0.29) is 42.8 Å². The summed E-state index contributed by atoms with van der Waals surface area (Å²) < 4.78 is 41.6. The summed E-state index contributed by atoms with van der Waals surface area (Å²) >= 11 is 12.7. The molecule has 2 aromatic rings. The van der Waals surface area contributed by atoms with Gasteiger partial charge in [-0.3, -0.25) is 9.48 Å². The van der Waals surface area contributed by atoms with Gasteiger partial charge >= 0.3 is 6.18 Å². The number of aryl methyl sites for hydroxylation is 1. The van der Waals surface area contributed by atoms with Gasteiger partial charge in [0.05, 0.1) is 24.6 Å². The van der Waals surface area contributed by atoms with E-state index in [9.17, 15) is 28.2 Å². The molecule has 1 amide bonds. The molecule has 11 heteroatoms. The second-order valence-corrected chi connectivity index (χ2v) is 10.3. The number of carbonyl (C=O) groups is 1. The molecule has 1 unspecified atom stereocenters. The number of piperidine rings is 1. The molecule has 1 aromatic carbocycles. The Kier molecular flexibility index (Phi) is 7.12. The number of rotatable bonds is 4. The number of nitrogens with zero attached hydrogens (tertiary/aromatic N) is 3. The second-order valence-electron chi connectivity index (χ2n) is 9.53. The lowest BCUT2D eigenvalue weighted by Gasteiger charge is -2.53. The molecule has 1 saturated heterocycles. The number of benzene rings is 1. The SMILES string of the molecule is C[C@H]1[C@H]2CCC[C@@H]([C@H](O)C(F)(F)F)[C@@H]2CC(CO)N1C(=O)Cc1c(Cl)ccc2c1c(Cl)nn2C. The molecule has 34 heavy (non-hydrogen) atoms. The fourth-order valence-corrected chi connectivity index (χ4v) is 6.79. The lowest BCUT2D eigenvalue weighted by atomic mass is 9.62. The van der Waals surface area contributed by atoms with Gasteiger partial charge < -0.3 is 15.1 Å². The average Bonchev–Trinajstić information content (AvgIpc) is 3.07. The first kappa shape index (κ1) is 25.5. The predicted molar refractivity (Wildman–Crippen MR) is 123 cm³/mol. The zero-order chi connectivity index (χ0) is 24.9. The number of carbonyl (C=O) groups excluding carboxylic acids is 1. The lowest BCUT2D eigenvalue weighted by Crippen LogP contribution is -2.60. The number of aliphatic hydroxyl groups excluding tert-OH is 2. The second kappa shape index (κ2) is 9.48. The van der Waals surface area contributed by atoms with Crippen molar-refractivity contribution >= 4 is 40.0 Å². The van der Waals surface area contributed by atoms with E-state index in [1.807, 2.05) is 6.92 Å². The maximum atomic E-state index is 13.6. The molecule has 1 aliphatic carbocycles. The number of hydrogen-bond acceptors (Lipinski definition) is 4. The molecule has 1 saturated carbocycles. The number of likely N-dealkylation sites (tertiary alicyclic amines) is 1. The van der Waals surface area contributed by atoms with Crippen LogP contribution in [0, 0.1) is 17.8 Å². The van der Waals surface area contributed by atoms with Gasteiger partial charge in [-0.25, -0.2) is 0 Å². The fourth-order valence-electron chi connectivity index (χ4n) is 6.24. The summed E-state index contributed by atoms with van der Waals surface area (Å²) in [5.74, 6) is -1.85. The zero-order valence-electron chi connectivity index (χ0n) is 18.9. The number of halogens is 5. The summed E-state index contributed by atoms with van der Waals surface area (Å²) in [5.41, 5.74) is 1.25. The molecule has 2 aliphatic rings. The average molecular weight is 522 g/mol. The van der Waals surface area contributed by atoms with Gasteiger partial charge in [-0.1, -0.05) is 29.6 Å². The highest BCUT2D eigenvalue weighted by Gasteiger charge is 2.53. The minimum absolute atomic E-state index is 0.0750.